The lowest BCUT2D eigenvalue weighted by atomic mass is 9.86. The Morgan fingerprint density at radius 2 is 2.09 bits per heavy atom. The lowest BCUT2D eigenvalue weighted by Gasteiger charge is -2.31. The van der Waals surface area contributed by atoms with Crippen LogP contribution in [0.3, 0.4) is 0 Å². The first-order chi connectivity index (χ1) is 15.0. The summed E-state index contributed by atoms with van der Waals surface area (Å²) in [6.07, 6.45) is 1.03. The summed E-state index contributed by atoms with van der Waals surface area (Å²) in [7, 11) is 0. The molecule has 1 aromatic carbocycles. The van der Waals surface area contributed by atoms with E-state index in [0.717, 1.165) is 39.9 Å². The number of rotatable bonds is 2. The molecule has 3 aliphatic heterocycles. The fourth-order valence-electron chi connectivity index (χ4n) is 5.13. The van der Waals surface area contributed by atoms with Crippen molar-refractivity contribution in [3.8, 4) is 11.4 Å². The van der Waals surface area contributed by atoms with Crippen LogP contribution in [0.15, 0.2) is 27.9 Å². The molecule has 0 amide bonds. The van der Waals surface area contributed by atoms with Crippen molar-refractivity contribution in [2.75, 3.05) is 5.75 Å². The molecule has 9 heteroatoms. The topological polar surface area (TPSA) is 107 Å². The molecule has 0 bridgehead atoms. The number of nitrogens with two attached hydrogens (primary N) is 1. The molecule has 0 fully saturated rings. The minimum absolute atomic E-state index is 0. The van der Waals surface area contributed by atoms with Crippen LogP contribution in [-0.4, -0.2) is 26.4 Å². The fourth-order valence-corrected chi connectivity index (χ4v) is 6.35. The second-order valence-electron chi connectivity index (χ2n) is 8.27. The fraction of sp³-hybridized carbons (Fsp3) is 0.348. The Kier molecular flexibility index (Phi) is 4.90. The number of carbonyl (C=O) groups excluding carboxylic acids is 1. The number of aryl methyl sites for hydroxylation is 1. The quantitative estimate of drug-likeness (QED) is 0.432. The third-order valence-corrected chi connectivity index (χ3v) is 7.98. The van der Waals surface area contributed by atoms with Gasteiger partial charge in [0.25, 0.3) is 5.56 Å². The minimum atomic E-state index is -1.81. The molecule has 3 N–H and O–H groups in total. The van der Waals surface area contributed by atoms with Gasteiger partial charge in [-0.25, -0.2) is 9.78 Å². The maximum absolute atomic E-state index is 13.4. The summed E-state index contributed by atoms with van der Waals surface area (Å²) in [5.74, 6) is 0.248. The van der Waals surface area contributed by atoms with Crippen LogP contribution in [0, 0.1) is 0 Å². The highest BCUT2D eigenvalue weighted by molar-refractivity contribution is 7.99. The second-order valence-corrected chi connectivity index (χ2v) is 9.38. The number of cyclic esters (lactones) is 1. The molecule has 166 valence electrons. The molecule has 0 aliphatic carbocycles. The molecule has 0 saturated heterocycles. The molecule has 3 aromatic rings. The Labute approximate surface area is 194 Å². The van der Waals surface area contributed by atoms with Crippen molar-refractivity contribution in [1.82, 2.24) is 9.55 Å². The van der Waals surface area contributed by atoms with Crippen LogP contribution in [0.2, 0.25) is 0 Å². The predicted octanol–water partition coefficient (Wildman–Crippen LogP) is 2.61. The molecule has 0 radical (unpaired) electrons. The van der Waals surface area contributed by atoms with E-state index in [9.17, 15) is 14.7 Å². The van der Waals surface area contributed by atoms with Gasteiger partial charge < -0.3 is 20.1 Å². The van der Waals surface area contributed by atoms with Crippen molar-refractivity contribution in [3.63, 3.8) is 0 Å². The average molecular weight is 472 g/mol. The number of benzene rings is 1. The molecular weight excluding hydrogens is 450 g/mol. The normalized spacial score (nSPS) is 20.3. The molecule has 5 heterocycles. The van der Waals surface area contributed by atoms with Crippen molar-refractivity contribution < 1.29 is 14.6 Å². The van der Waals surface area contributed by atoms with E-state index in [1.165, 1.54) is 10.5 Å². The Morgan fingerprint density at radius 1 is 1.28 bits per heavy atom. The van der Waals surface area contributed by atoms with Gasteiger partial charge >= 0.3 is 5.97 Å². The first kappa shape index (κ1) is 21.5. The first-order valence-electron chi connectivity index (χ1n) is 10.4. The number of thioether (sulfide) groups is 1. The molecular formula is C23H22ClN3O4S. The summed E-state index contributed by atoms with van der Waals surface area (Å²) in [6.45, 7) is 2.50. The number of hydrogen-bond acceptors (Lipinski definition) is 7. The van der Waals surface area contributed by atoms with Gasteiger partial charge in [0.1, 0.15) is 6.61 Å². The highest BCUT2D eigenvalue weighted by atomic mass is 35.5. The highest BCUT2D eigenvalue weighted by Crippen LogP contribution is 2.44. The number of carbonyl (C=O) groups is 1. The molecule has 7 nitrogen and oxygen atoms in total. The standard InChI is InChI=1S/C23H21N3O4S.ClH/c1-2-23(29)15-7-17-19-13(9-26(17)21(27)14(15)10-30-22(23)28)12-5-6-31-20-11(8-24)3-4-16(25-19)18(12)20;/h3-4,7,29H,2,5-6,8-10,24H2,1H3;1H. The van der Waals surface area contributed by atoms with Crippen LogP contribution in [0.4, 0.5) is 0 Å². The third kappa shape index (κ3) is 2.61. The van der Waals surface area contributed by atoms with Gasteiger partial charge in [0.15, 0.2) is 5.60 Å². The minimum Gasteiger partial charge on any atom is -0.458 e. The predicted molar refractivity (Wildman–Crippen MR) is 124 cm³/mol. The van der Waals surface area contributed by atoms with Crippen LogP contribution < -0.4 is 11.3 Å². The van der Waals surface area contributed by atoms with E-state index in [2.05, 4.69) is 0 Å². The van der Waals surface area contributed by atoms with E-state index < -0.39 is 11.6 Å². The van der Waals surface area contributed by atoms with Gasteiger partial charge in [-0.1, -0.05) is 13.0 Å². The summed E-state index contributed by atoms with van der Waals surface area (Å²) in [4.78, 5) is 31.8. The molecule has 1 unspecified atom stereocenters. The SMILES string of the molecule is CCC1(O)C(=O)OCc2c1cc1n(c2=O)Cc2c-1nc1ccc(CN)c3c1c2CCS3.Cl. The maximum Gasteiger partial charge on any atom is 0.343 e. The zero-order valence-electron chi connectivity index (χ0n) is 17.4. The van der Waals surface area contributed by atoms with Crippen LogP contribution in [0.5, 0.6) is 0 Å². The maximum atomic E-state index is 13.4. The molecule has 1 atom stereocenters. The third-order valence-electron chi connectivity index (χ3n) is 6.82. The summed E-state index contributed by atoms with van der Waals surface area (Å²) >= 11 is 1.81. The lowest BCUT2D eigenvalue weighted by Crippen LogP contribution is -2.44. The number of hydrogen-bond donors (Lipinski definition) is 2. The first-order valence-corrected chi connectivity index (χ1v) is 11.4. The van der Waals surface area contributed by atoms with Crippen LogP contribution in [-0.2, 0) is 41.2 Å². The molecule has 32 heavy (non-hydrogen) atoms. The molecule has 3 aliphatic rings. The average Bonchev–Trinajstić information content (AvgIpc) is 3.16. The van der Waals surface area contributed by atoms with Gasteiger partial charge in [-0.3, -0.25) is 4.79 Å². The number of nitrogens with zero attached hydrogens (tertiary/aromatic N) is 2. The Bertz CT molecular complexity index is 1390. The van der Waals surface area contributed by atoms with Crippen molar-refractivity contribution in [2.24, 2.45) is 5.73 Å². The monoisotopic (exact) mass is 471 g/mol. The van der Waals surface area contributed by atoms with Gasteiger partial charge in [-0.2, -0.15) is 0 Å². The number of esters is 1. The number of ether oxygens (including phenoxy) is 1. The largest absolute Gasteiger partial charge is 0.458 e. The number of fused-ring (bicyclic) bond motifs is 5. The van der Waals surface area contributed by atoms with Crippen LogP contribution >= 0.6 is 24.2 Å². The second kappa shape index (κ2) is 7.31. The summed E-state index contributed by atoms with van der Waals surface area (Å²) < 4.78 is 6.86. The van der Waals surface area contributed by atoms with Gasteiger partial charge in [0.05, 0.1) is 29.0 Å². The van der Waals surface area contributed by atoms with E-state index >= 15 is 0 Å². The molecule has 0 saturated carbocycles. The summed E-state index contributed by atoms with van der Waals surface area (Å²) in [5.41, 5.74) is 10.3. The zero-order chi connectivity index (χ0) is 21.5. The lowest BCUT2D eigenvalue weighted by molar-refractivity contribution is -0.172. The Morgan fingerprint density at radius 3 is 2.84 bits per heavy atom. The van der Waals surface area contributed by atoms with E-state index in [-0.39, 0.29) is 31.0 Å². The van der Waals surface area contributed by atoms with Crippen LogP contribution in [0.25, 0.3) is 22.3 Å². The molecule has 2 aromatic heterocycles. The molecule has 0 spiro atoms. The Balaban J connectivity index is 0.00000216. The van der Waals surface area contributed by atoms with E-state index in [4.69, 9.17) is 15.5 Å². The highest BCUT2D eigenvalue weighted by Gasteiger charge is 2.45. The van der Waals surface area contributed by atoms with Gasteiger partial charge in [0, 0.05) is 33.7 Å². The van der Waals surface area contributed by atoms with Gasteiger partial charge in [0.2, 0.25) is 0 Å². The van der Waals surface area contributed by atoms with Crippen molar-refractivity contribution in [1.29, 1.82) is 0 Å². The zero-order valence-corrected chi connectivity index (χ0v) is 19.1. The number of halogens is 1. The Hall–Kier alpha value is -2.39. The van der Waals surface area contributed by atoms with Crippen molar-refractivity contribution in [2.45, 2.75) is 50.0 Å². The summed E-state index contributed by atoms with van der Waals surface area (Å²) in [5, 5.41) is 12.2. The van der Waals surface area contributed by atoms with Crippen LogP contribution in [0.1, 0.15) is 41.2 Å². The smallest absolute Gasteiger partial charge is 0.343 e. The number of aliphatic hydroxyl groups is 1. The van der Waals surface area contributed by atoms with Crippen molar-refractivity contribution in [3.05, 3.63) is 56.4 Å². The summed E-state index contributed by atoms with van der Waals surface area (Å²) in [6, 6.07) is 5.79. The molecule has 6 rings (SSSR count). The van der Waals surface area contributed by atoms with Crippen molar-refractivity contribution >= 4 is 41.0 Å². The van der Waals surface area contributed by atoms with E-state index in [1.807, 2.05) is 23.9 Å². The van der Waals surface area contributed by atoms with E-state index in [1.54, 1.807) is 17.6 Å². The number of pyridine rings is 2. The van der Waals surface area contributed by atoms with Gasteiger partial charge in [-0.15, -0.1) is 24.2 Å². The van der Waals surface area contributed by atoms with Gasteiger partial charge in [-0.05, 0) is 36.1 Å². The number of aromatic nitrogens is 2. The van der Waals surface area contributed by atoms with E-state index in [0.29, 0.717) is 29.9 Å².